The molecule has 1 N–H and O–H groups in total. The van der Waals surface area contributed by atoms with E-state index >= 15 is 0 Å². The highest BCUT2D eigenvalue weighted by Gasteiger charge is 2.34. The third kappa shape index (κ3) is 4.41. The number of carbonyl (C=O) groups is 1. The van der Waals surface area contributed by atoms with Gasteiger partial charge in [0.25, 0.3) is 0 Å². The van der Waals surface area contributed by atoms with E-state index in [0.29, 0.717) is 11.6 Å². The summed E-state index contributed by atoms with van der Waals surface area (Å²) >= 11 is 0. The number of alkyl halides is 3. The predicted octanol–water partition coefficient (Wildman–Crippen LogP) is 3.21. The molecule has 0 heterocycles. The highest BCUT2D eigenvalue weighted by atomic mass is 32.2. The van der Waals surface area contributed by atoms with E-state index in [2.05, 4.69) is 9.46 Å². The number of methoxy groups -OCH3 is 1. The Kier molecular flexibility index (Phi) is 5.72. The van der Waals surface area contributed by atoms with Crippen molar-refractivity contribution in [3.63, 3.8) is 0 Å². The molecule has 0 aliphatic rings. The van der Waals surface area contributed by atoms with Crippen LogP contribution in [0.15, 0.2) is 53.4 Å². The zero-order valence-electron chi connectivity index (χ0n) is 13.9. The number of hydrogen-bond donors (Lipinski definition) is 1. The van der Waals surface area contributed by atoms with Crippen molar-refractivity contribution in [3.05, 3.63) is 65.2 Å². The molecule has 2 rings (SSSR count). The fourth-order valence-corrected chi connectivity index (χ4v) is 3.51. The van der Waals surface area contributed by atoms with E-state index in [1.165, 1.54) is 19.1 Å². The number of sulfonamides is 1. The van der Waals surface area contributed by atoms with Crippen LogP contribution in [0.2, 0.25) is 0 Å². The van der Waals surface area contributed by atoms with Gasteiger partial charge in [0, 0.05) is 0 Å². The summed E-state index contributed by atoms with van der Waals surface area (Å²) in [6.07, 6.45) is -4.70. The molecule has 5 nitrogen and oxygen atoms in total. The molecule has 0 aliphatic heterocycles. The van der Waals surface area contributed by atoms with Crippen molar-refractivity contribution >= 4 is 16.0 Å². The summed E-state index contributed by atoms with van der Waals surface area (Å²) in [6.45, 7) is 1.23. The van der Waals surface area contributed by atoms with Gasteiger partial charge in [-0.2, -0.15) is 17.9 Å². The van der Waals surface area contributed by atoms with Gasteiger partial charge in [-0.15, -0.1) is 0 Å². The molecular formula is C17H16F3NO4S. The average molecular weight is 387 g/mol. The summed E-state index contributed by atoms with van der Waals surface area (Å²) in [4.78, 5) is 11.4. The van der Waals surface area contributed by atoms with Gasteiger partial charge < -0.3 is 4.74 Å². The number of esters is 1. The molecule has 1 atom stereocenters. The van der Waals surface area contributed by atoms with Crippen molar-refractivity contribution < 1.29 is 31.1 Å². The number of benzene rings is 2. The molecule has 0 amide bonds. The van der Waals surface area contributed by atoms with Gasteiger partial charge in [-0.05, 0) is 30.2 Å². The topological polar surface area (TPSA) is 72.5 Å². The van der Waals surface area contributed by atoms with Crippen LogP contribution in [-0.4, -0.2) is 21.5 Å². The fraction of sp³-hybridized carbons (Fsp3) is 0.235. The van der Waals surface area contributed by atoms with Crippen molar-refractivity contribution in [1.29, 1.82) is 0 Å². The maximum Gasteiger partial charge on any atom is 0.416 e. The Hall–Kier alpha value is -2.39. The van der Waals surface area contributed by atoms with E-state index in [4.69, 9.17) is 0 Å². The molecule has 140 valence electrons. The van der Waals surface area contributed by atoms with Gasteiger partial charge in [-0.3, -0.25) is 0 Å². The molecule has 26 heavy (non-hydrogen) atoms. The third-order valence-corrected chi connectivity index (χ3v) is 5.09. The second-order valence-corrected chi connectivity index (χ2v) is 7.18. The molecule has 9 heteroatoms. The van der Waals surface area contributed by atoms with E-state index in [9.17, 15) is 26.4 Å². The van der Waals surface area contributed by atoms with E-state index in [-0.39, 0.29) is 5.56 Å². The Morgan fingerprint density at radius 2 is 1.73 bits per heavy atom. The normalized spacial score (nSPS) is 13.3. The van der Waals surface area contributed by atoms with Gasteiger partial charge in [0.15, 0.2) is 0 Å². The summed E-state index contributed by atoms with van der Waals surface area (Å²) in [5.74, 6) is -0.886. The van der Waals surface area contributed by atoms with Crippen LogP contribution in [0.5, 0.6) is 0 Å². The molecule has 1 unspecified atom stereocenters. The van der Waals surface area contributed by atoms with Gasteiger partial charge in [-0.1, -0.05) is 36.4 Å². The van der Waals surface area contributed by atoms with Gasteiger partial charge >= 0.3 is 12.1 Å². The number of hydrogen-bond acceptors (Lipinski definition) is 4. The van der Waals surface area contributed by atoms with Crippen LogP contribution in [-0.2, 0) is 25.7 Å². The molecule has 0 fully saturated rings. The minimum atomic E-state index is -4.70. The minimum Gasteiger partial charge on any atom is -0.468 e. The lowest BCUT2D eigenvalue weighted by molar-refractivity contribution is -0.143. The summed E-state index contributed by atoms with van der Waals surface area (Å²) in [5.41, 5.74) is -0.871. The molecule has 0 saturated heterocycles. The van der Waals surface area contributed by atoms with Crippen molar-refractivity contribution in [2.75, 3.05) is 7.11 Å². The summed E-state index contributed by atoms with van der Waals surface area (Å²) in [6, 6.07) is 9.11. The quantitative estimate of drug-likeness (QED) is 0.800. The Labute approximate surface area is 148 Å². The number of aryl methyl sites for hydroxylation is 1. The van der Waals surface area contributed by atoms with Crippen LogP contribution < -0.4 is 4.72 Å². The Morgan fingerprint density at radius 3 is 2.27 bits per heavy atom. The number of carbonyl (C=O) groups excluding carboxylic acids is 1. The van der Waals surface area contributed by atoms with Crippen molar-refractivity contribution in [2.24, 2.45) is 0 Å². The first-order valence-corrected chi connectivity index (χ1v) is 8.87. The molecule has 0 bridgehead atoms. The molecule has 0 spiro atoms. The highest BCUT2D eigenvalue weighted by molar-refractivity contribution is 7.89. The van der Waals surface area contributed by atoms with Crippen LogP contribution >= 0.6 is 0 Å². The number of ether oxygens (including phenoxy) is 1. The first-order valence-electron chi connectivity index (χ1n) is 7.39. The van der Waals surface area contributed by atoms with Crippen molar-refractivity contribution in [1.82, 2.24) is 4.72 Å². The lowest BCUT2D eigenvalue weighted by atomic mass is 10.1. The molecule has 2 aromatic carbocycles. The van der Waals surface area contributed by atoms with E-state index < -0.39 is 38.7 Å². The monoisotopic (exact) mass is 387 g/mol. The van der Waals surface area contributed by atoms with Crippen LogP contribution in [0.3, 0.4) is 0 Å². The van der Waals surface area contributed by atoms with Gasteiger partial charge in [0.1, 0.15) is 6.04 Å². The molecule has 0 aromatic heterocycles. The van der Waals surface area contributed by atoms with Gasteiger partial charge in [0.2, 0.25) is 10.0 Å². The maximum absolute atomic E-state index is 13.0. The van der Waals surface area contributed by atoms with Crippen LogP contribution in [0.4, 0.5) is 13.2 Å². The maximum atomic E-state index is 13.0. The molecule has 0 saturated carbocycles. The largest absolute Gasteiger partial charge is 0.468 e. The van der Waals surface area contributed by atoms with E-state index in [0.717, 1.165) is 19.2 Å². The first-order chi connectivity index (χ1) is 12.1. The van der Waals surface area contributed by atoms with Gasteiger partial charge in [-0.25, -0.2) is 13.2 Å². The number of rotatable bonds is 5. The van der Waals surface area contributed by atoms with Crippen LogP contribution in [0.25, 0.3) is 0 Å². The number of nitrogens with one attached hydrogen (secondary N) is 1. The van der Waals surface area contributed by atoms with Crippen molar-refractivity contribution in [2.45, 2.75) is 24.0 Å². The Bertz CT molecular complexity index is 896. The zero-order chi connectivity index (χ0) is 19.5. The highest BCUT2D eigenvalue weighted by Crippen LogP contribution is 2.33. The van der Waals surface area contributed by atoms with E-state index in [1.54, 1.807) is 18.2 Å². The van der Waals surface area contributed by atoms with Crippen molar-refractivity contribution in [3.8, 4) is 0 Å². The SMILES string of the molecule is COC(=O)C(NS(=O)(=O)c1ccc(C)c(C(F)(F)F)c1)c1ccccc1. The van der Waals surface area contributed by atoms with Crippen LogP contribution in [0.1, 0.15) is 22.7 Å². The second kappa shape index (κ2) is 7.46. The summed E-state index contributed by atoms with van der Waals surface area (Å²) in [7, 11) is -3.33. The molecular weight excluding hydrogens is 371 g/mol. The summed E-state index contributed by atoms with van der Waals surface area (Å²) in [5, 5.41) is 0. The lowest BCUT2D eigenvalue weighted by Crippen LogP contribution is -2.34. The smallest absolute Gasteiger partial charge is 0.416 e. The molecule has 2 aromatic rings. The lowest BCUT2D eigenvalue weighted by Gasteiger charge is -2.18. The molecule has 0 aliphatic carbocycles. The van der Waals surface area contributed by atoms with E-state index in [1.807, 2.05) is 0 Å². The zero-order valence-corrected chi connectivity index (χ0v) is 14.7. The van der Waals surface area contributed by atoms with Gasteiger partial charge in [0.05, 0.1) is 17.6 Å². The third-order valence-electron chi connectivity index (χ3n) is 3.67. The average Bonchev–Trinajstić information content (AvgIpc) is 2.59. The standard InChI is InChI=1S/C17H16F3NO4S/c1-11-8-9-13(10-14(11)17(18,19)20)26(23,24)21-15(16(22)25-2)12-6-4-3-5-7-12/h3-10,15,21H,1-2H3. The second-order valence-electron chi connectivity index (χ2n) is 5.46. The molecule has 0 radical (unpaired) electrons. The first kappa shape index (κ1) is 19.9. The van der Waals surface area contributed by atoms with Crippen LogP contribution in [0, 0.1) is 6.92 Å². The summed E-state index contributed by atoms with van der Waals surface area (Å²) < 4.78 is 70.9. The minimum absolute atomic E-state index is 0.107. The Balaban J connectivity index is 2.45. The number of halogens is 3. The Morgan fingerprint density at radius 1 is 1.12 bits per heavy atom. The fourth-order valence-electron chi connectivity index (χ4n) is 2.31. The predicted molar refractivity (Wildman–Crippen MR) is 87.7 cm³/mol.